The summed E-state index contributed by atoms with van der Waals surface area (Å²) >= 11 is 0. The molecule has 2 aliphatic heterocycles. The number of ether oxygens (including phenoxy) is 1. The van der Waals surface area contributed by atoms with Crippen LogP contribution in [0.15, 0.2) is 35.5 Å². The summed E-state index contributed by atoms with van der Waals surface area (Å²) in [7, 11) is 0. The van der Waals surface area contributed by atoms with Crippen molar-refractivity contribution < 1.29 is 9.53 Å². The second kappa shape index (κ2) is 7.04. The van der Waals surface area contributed by atoms with Crippen molar-refractivity contribution in [1.29, 1.82) is 0 Å². The first kappa shape index (κ1) is 15.9. The minimum absolute atomic E-state index is 0.0365. The molecule has 3 rings (SSSR count). The van der Waals surface area contributed by atoms with E-state index < -0.39 is 0 Å². The Morgan fingerprint density at radius 3 is 2.57 bits per heavy atom. The number of likely N-dealkylation sites (tertiary alicyclic amines) is 1. The number of aliphatic imine (C=N–C) groups is 1. The van der Waals surface area contributed by atoms with Crippen LogP contribution in [0.4, 0.5) is 0 Å². The Bertz CT molecular complexity index is 612. The van der Waals surface area contributed by atoms with Crippen LogP contribution in [0.25, 0.3) is 0 Å². The van der Waals surface area contributed by atoms with Gasteiger partial charge in [0, 0.05) is 37.0 Å². The average molecular weight is 313 g/mol. The van der Waals surface area contributed by atoms with Gasteiger partial charge in [0.25, 0.3) is 0 Å². The molecule has 0 bridgehead atoms. The highest BCUT2D eigenvalue weighted by molar-refractivity contribution is 6.14. The normalized spacial score (nSPS) is 20.0. The van der Waals surface area contributed by atoms with E-state index in [1.807, 2.05) is 12.1 Å². The van der Waals surface area contributed by atoms with Gasteiger partial charge in [-0.1, -0.05) is 0 Å². The monoisotopic (exact) mass is 313 g/mol. The Balaban J connectivity index is 1.56. The van der Waals surface area contributed by atoms with Gasteiger partial charge in [0.1, 0.15) is 12.6 Å². The first-order valence-corrected chi connectivity index (χ1v) is 8.24. The molecular weight excluding hydrogens is 290 g/mol. The highest BCUT2D eigenvalue weighted by Gasteiger charge is 2.22. The Hall–Kier alpha value is -2.01. The number of pyridine rings is 1. The van der Waals surface area contributed by atoms with Crippen LogP contribution in [-0.2, 0) is 4.79 Å². The number of carbonyl (C=O) groups excluding carboxylic acids is 1. The van der Waals surface area contributed by atoms with Crippen LogP contribution in [0.5, 0.6) is 5.88 Å². The molecule has 1 aromatic rings. The molecule has 0 atom stereocenters. The molecule has 0 N–H and O–H groups in total. The van der Waals surface area contributed by atoms with E-state index in [4.69, 9.17) is 4.74 Å². The lowest BCUT2D eigenvalue weighted by Crippen LogP contribution is -2.41. The molecule has 3 heterocycles. The van der Waals surface area contributed by atoms with Gasteiger partial charge in [0.2, 0.25) is 5.88 Å². The Kier molecular flexibility index (Phi) is 4.86. The van der Waals surface area contributed by atoms with Crippen LogP contribution in [0.2, 0.25) is 0 Å². The van der Waals surface area contributed by atoms with Crippen molar-refractivity contribution in [2.24, 2.45) is 4.99 Å². The molecule has 1 aromatic heterocycles. The van der Waals surface area contributed by atoms with E-state index in [0.717, 1.165) is 37.2 Å². The molecule has 23 heavy (non-hydrogen) atoms. The zero-order valence-corrected chi connectivity index (χ0v) is 13.7. The van der Waals surface area contributed by atoms with Crippen molar-refractivity contribution in [3.05, 3.63) is 36.0 Å². The lowest BCUT2D eigenvalue weighted by Gasteiger charge is -2.34. The predicted octanol–water partition coefficient (Wildman–Crippen LogP) is 2.26. The SMILES string of the molecule is CC(C)N1CCC(Oc2ccc(C3=NCC(=O)C=C3)cn2)CC1. The van der Waals surface area contributed by atoms with Gasteiger partial charge in [0.15, 0.2) is 5.78 Å². The van der Waals surface area contributed by atoms with Crippen LogP contribution in [0.1, 0.15) is 32.3 Å². The molecule has 0 saturated carbocycles. The van der Waals surface area contributed by atoms with E-state index in [1.54, 1.807) is 18.3 Å². The molecule has 1 saturated heterocycles. The number of hydrogen-bond acceptors (Lipinski definition) is 5. The predicted molar refractivity (Wildman–Crippen MR) is 90.1 cm³/mol. The fourth-order valence-electron chi connectivity index (χ4n) is 2.91. The van der Waals surface area contributed by atoms with Gasteiger partial charge >= 0.3 is 0 Å². The van der Waals surface area contributed by atoms with Crippen molar-refractivity contribution in [3.63, 3.8) is 0 Å². The number of nitrogens with zero attached hydrogens (tertiary/aromatic N) is 3. The maximum absolute atomic E-state index is 11.1. The highest BCUT2D eigenvalue weighted by Crippen LogP contribution is 2.19. The van der Waals surface area contributed by atoms with E-state index in [0.29, 0.717) is 11.9 Å². The highest BCUT2D eigenvalue weighted by atomic mass is 16.5. The number of ketones is 1. The Labute approximate surface area is 137 Å². The summed E-state index contributed by atoms with van der Waals surface area (Å²) in [6, 6.07) is 4.44. The fourth-order valence-corrected chi connectivity index (χ4v) is 2.91. The van der Waals surface area contributed by atoms with Crippen LogP contribution < -0.4 is 4.74 Å². The largest absolute Gasteiger partial charge is 0.474 e. The number of carbonyl (C=O) groups is 1. The van der Waals surface area contributed by atoms with Crippen molar-refractivity contribution in [3.8, 4) is 5.88 Å². The van der Waals surface area contributed by atoms with Crippen molar-refractivity contribution in [1.82, 2.24) is 9.88 Å². The zero-order valence-electron chi connectivity index (χ0n) is 13.7. The zero-order chi connectivity index (χ0) is 16.2. The number of allylic oxidation sites excluding steroid dienone is 1. The van der Waals surface area contributed by atoms with E-state index >= 15 is 0 Å². The summed E-state index contributed by atoms with van der Waals surface area (Å²) in [6.45, 7) is 6.85. The molecule has 0 radical (unpaired) electrons. The summed E-state index contributed by atoms with van der Waals surface area (Å²) in [5.41, 5.74) is 1.71. The lowest BCUT2D eigenvalue weighted by atomic mass is 10.1. The molecule has 0 aliphatic carbocycles. The van der Waals surface area contributed by atoms with E-state index in [2.05, 4.69) is 28.7 Å². The van der Waals surface area contributed by atoms with Crippen molar-refractivity contribution in [2.45, 2.75) is 38.8 Å². The van der Waals surface area contributed by atoms with Crippen LogP contribution in [0.3, 0.4) is 0 Å². The molecule has 1 fully saturated rings. The summed E-state index contributed by atoms with van der Waals surface area (Å²) in [5, 5.41) is 0. The first-order chi connectivity index (χ1) is 11.1. The van der Waals surface area contributed by atoms with Gasteiger partial charge in [-0.2, -0.15) is 0 Å². The summed E-state index contributed by atoms with van der Waals surface area (Å²) < 4.78 is 5.99. The van der Waals surface area contributed by atoms with Crippen molar-refractivity contribution >= 4 is 11.5 Å². The number of piperidine rings is 1. The topological polar surface area (TPSA) is 54.8 Å². The Morgan fingerprint density at radius 1 is 1.22 bits per heavy atom. The maximum atomic E-state index is 11.1. The second-order valence-corrected chi connectivity index (χ2v) is 6.33. The minimum atomic E-state index is 0.0365. The number of hydrogen-bond donors (Lipinski definition) is 0. The van der Waals surface area contributed by atoms with Gasteiger partial charge in [-0.15, -0.1) is 0 Å². The number of dihydropyridines is 1. The number of aromatic nitrogens is 1. The molecule has 5 heteroatoms. The minimum Gasteiger partial charge on any atom is -0.474 e. The second-order valence-electron chi connectivity index (χ2n) is 6.33. The summed E-state index contributed by atoms with van der Waals surface area (Å²) in [5.74, 6) is 0.697. The van der Waals surface area contributed by atoms with Crippen molar-refractivity contribution in [2.75, 3.05) is 19.6 Å². The van der Waals surface area contributed by atoms with Gasteiger partial charge < -0.3 is 9.64 Å². The van der Waals surface area contributed by atoms with E-state index in [1.165, 1.54) is 0 Å². The molecule has 5 nitrogen and oxygen atoms in total. The molecule has 122 valence electrons. The standard InChI is InChI=1S/C18H23N3O2/c1-13(2)21-9-7-16(8-10-21)23-18-6-3-14(11-20-18)17-5-4-15(22)12-19-17/h3-6,11,13,16H,7-10,12H2,1-2H3. The average Bonchev–Trinajstić information content (AvgIpc) is 2.57. The summed E-state index contributed by atoms with van der Waals surface area (Å²) in [6.07, 6.45) is 7.39. The van der Waals surface area contributed by atoms with Crippen LogP contribution in [0, 0.1) is 0 Å². The quantitative estimate of drug-likeness (QED) is 0.855. The molecule has 0 spiro atoms. The van der Waals surface area contributed by atoms with Gasteiger partial charge in [-0.05, 0) is 44.9 Å². The lowest BCUT2D eigenvalue weighted by molar-refractivity contribution is -0.113. The van der Waals surface area contributed by atoms with Gasteiger partial charge in [0.05, 0.1) is 5.71 Å². The molecule has 2 aliphatic rings. The molecule has 0 unspecified atom stereocenters. The van der Waals surface area contributed by atoms with E-state index in [-0.39, 0.29) is 18.4 Å². The summed E-state index contributed by atoms with van der Waals surface area (Å²) in [4.78, 5) is 22.3. The number of rotatable bonds is 4. The third-order valence-electron chi connectivity index (χ3n) is 4.36. The molecular formula is C18H23N3O2. The smallest absolute Gasteiger partial charge is 0.213 e. The third kappa shape index (κ3) is 4.05. The van der Waals surface area contributed by atoms with E-state index in [9.17, 15) is 4.79 Å². The van der Waals surface area contributed by atoms with Gasteiger partial charge in [-0.25, -0.2) is 4.98 Å². The maximum Gasteiger partial charge on any atom is 0.213 e. The van der Waals surface area contributed by atoms with Crippen LogP contribution in [-0.4, -0.2) is 53.2 Å². The first-order valence-electron chi connectivity index (χ1n) is 8.24. The molecule has 0 aromatic carbocycles. The van der Waals surface area contributed by atoms with Gasteiger partial charge in [-0.3, -0.25) is 9.79 Å². The third-order valence-corrected chi connectivity index (χ3v) is 4.36. The fraction of sp³-hybridized carbons (Fsp3) is 0.500. The molecule has 0 amide bonds. The van der Waals surface area contributed by atoms with Crippen LogP contribution >= 0.6 is 0 Å². The Morgan fingerprint density at radius 2 is 2.00 bits per heavy atom.